The first-order valence-electron chi connectivity index (χ1n) is 7.53. The lowest BCUT2D eigenvalue weighted by Gasteiger charge is -2.27. The van der Waals surface area contributed by atoms with Crippen LogP contribution in [-0.4, -0.2) is 22.6 Å². The van der Waals surface area contributed by atoms with Crippen LogP contribution >= 0.6 is 0 Å². The van der Waals surface area contributed by atoms with Crippen LogP contribution in [0.5, 0.6) is 0 Å². The van der Waals surface area contributed by atoms with Gasteiger partial charge < -0.3 is 9.26 Å². The predicted molar refractivity (Wildman–Crippen MR) is 74.6 cm³/mol. The highest BCUT2D eigenvalue weighted by atomic mass is 16.6. The number of hydrogen-bond acceptors (Lipinski definition) is 5. The van der Waals surface area contributed by atoms with Crippen LogP contribution in [0.3, 0.4) is 0 Å². The van der Waals surface area contributed by atoms with Crippen molar-refractivity contribution in [1.29, 1.82) is 0 Å². The van der Waals surface area contributed by atoms with Gasteiger partial charge >= 0.3 is 5.97 Å². The summed E-state index contributed by atoms with van der Waals surface area (Å²) in [6.45, 7) is 3.85. The van der Waals surface area contributed by atoms with Gasteiger partial charge in [0, 0.05) is 5.56 Å². The van der Waals surface area contributed by atoms with Gasteiger partial charge in [0.05, 0.1) is 18.0 Å². The highest BCUT2D eigenvalue weighted by molar-refractivity contribution is 5.96. The molecule has 1 aliphatic carbocycles. The van der Waals surface area contributed by atoms with Crippen molar-refractivity contribution in [3.05, 3.63) is 11.3 Å². The van der Waals surface area contributed by atoms with Gasteiger partial charge in [0.2, 0.25) is 11.8 Å². The number of ether oxygens (including phenoxy) is 1. The predicted octanol–water partition coefficient (Wildman–Crippen LogP) is 2.36. The van der Waals surface area contributed by atoms with Crippen molar-refractivity contribution in [1.82, 2.24) is 5.16 Å². The van der Waals surface area contributed by atoms with E-state index in [-0.39, 0.29) is 18.3 Å². The van der Waals surface area contributed by atoms with Gasteiger partial charge in [-0.1, -0.05) is 12.1 Å². The molecule has 1 aromatic rings. The van der Waals surface area contributed by atoms with Crippen LogP contribution in [0, 0.1) is 12.8 Å². The van der Waals surface area contributed by atoms with Crippen molar-refractivity contribution < 1.29 is 18.8 Å². The SMILES string of the molecule is CCc1noc(NC(=O)C2CC(=O)OC23CCCC3)c1C. The summed E-state index contributed by atoms with van der Waals surface area (Å²) in [6.07, 6.45) is 4.44. The topological polar surface area (TPSA) is 81.4 Å². The van der Waals surface area contributed by atoms with E-state index in [1.807, 2.05) is 13.8 Å². The molecule has 21 heavy (non-hydrogen) atoms. The van der Waals surface area contributed by atoms with Gasteiger partial charge in [-0.05, 0) is 39.0 Å². The molecule has 1 saturated heterocycles. The van der Waals surface area contributed by atoms with Crippen molar-refractivity contribution in [2.45, 2.75) is 58.0 Å². The number of amides is 1. The third-order valence-corrected chi connectivity index (χ3v) is 4.68. The molecule has 2 fully saturated rings. The van der Waals surface area contributed by atoms with E-state index < -0.39 is 11.5 Å². The van der Waals surface area contributed by atoms with E-state index in [4.69, 9.17) is 9.26 Å². The molecule has 1 spiro atoms. The molecular formula is C15H20N2O4. The number of esters is 1. The summed E-state index contributed by atoms with van der Waals surface area (Å²) in [5, 5.41) is 6.71. The monoisotopic (exact) mass is 292 g/mol. The van der Waals surface area contributed by atoms with Crippen LogP contribution in [0.4, 0.5) is 5.88 Å². The molecule has 1 N–H and O–H groups in total. The Morgan fingerprint density at radius 3 is 2.76 bits per heavy atom. The quantitative estimate of drug-likeness (QED) is 0.865. The standard InChI is InChI=1S/C15H20N2O4/c1-3-11-9(2)14(21-17-11)16-13(19)10-8-12(18)20-15(10)6-4-5-7-15/h10H,3-8H2,1-2H3,(H,16,19). The third-order valence-electron chi connectivity index (χ3n) is 4.68. The Morgan fingerprint density at radius 1 is 1.43 bits per heavy atom. The molecule has 0 radical (unpaired) electrons. The maximum absolute atomic E-state index is 12.5. The van der Waals surface area contributed by atoms with E-state index in [2.05, 4.69) is 10.5 Å². The Bertz CT molecular complexity index is 572. The Hall–Kier alpha value is -1.85. The first-order valence-corrected chi connectivity index (χ1v) is 7.53. The highest BCUT2D eigenvalue weighted by Crippen LogP contribution is 2.46. The molecule has 1 amide bonds. The van der Waals surface area contributed by atoms with Crippen LogP contribution < -0.4 is 5.32 Å². The zero-order chi connectivity index (χ0) is 15.0. The highest BCUT2D eigenvalue weighted by Gasteiger charge is 2.54. The number of nitrogens with zero attached hydrogens (tertiary/aromatic N) is 1. The fourth-order valence-corrected chi connectivity index (χ4v) is 3.46. The molecule has 0 bridgehead atoms. The number of nitrogens with one attached hydrogen (secondary N) is 1. The average Bonchev–Trinajstić information content (AvgIpc) is 3.13. The lowest BCUT2D eigenvalue weighted by Crippen LogP contribution is -2.39. The molecule has 3 rings (SSSR count). The molecule has 1 atom stereocenters. The first kappa shape index (κ1) is 14.1. The number of anilines is 1. The van der Waals surface area contributed by atoms with E-state index in [0.717, 1.165) is 43.4 Å². The molecule has 2 heterocycles. The molecule has 2 aliphatic rings. The Labute approximate surface area is 123 Å². The van der Waals surface area contributed by atoms with Crippen molar-refractivity contribution >= 4 is 17.8 Å². The van der Waals surface area contributed by atoms with Crippen molar-refractivity contribution in [2.24, 2.45) is 5.92 Å². The van der Waals surface area contributed by atoms with Crippen molar-refractivity contribution in [3.63, 3.8) is 0 Å². The minimum Gasteiger partial charge on any atom is -0.458 e. The second kappa shape index (κ2) is 5.16. The number of hydrogen-bond donors (Lipinski definition) is 1. The Kier molecular flexibility index (Phi) is 3.47. The molecule has 1 aliphatic heterocycles. The van der Waals surface area contributed by atoms with Crippen LogP contribution in [0.25, 0.3) is 0 Å². The normalized spacial score (nSPS) is 23.5. The summed E-state index contributed by atoms with van der Waals surface area (Å²) in [5.74, 6) is -0.531. The van der Waals surface area contributed by atoms with Gasteiger partial charge in [-0.15, -0.1) is 0 Å². The van der Waals surface area contributed by atoms with E-state index in [0.29, 0.717) is 5.88 Å². The minimum absolute atomic E-state index is 0.152. The number of aromatic nitrogens is 1. The van der Waals surface area contributed by atoms with Crippen LogP contribution in [0.2, 0.25) is 0 Å². The molecule has 114 valence electrons. The zero-order valence-corrected chi connectivity index (χ0v) is 12.4. The zero-order valence-electron chi connectivity index (χ0n) is 12.4. The minimum atomic E-state index is -0.595. The van der Waals surface area contributed by atoms with Gasteiger partial charge in [0.1, 0.15) is 5.60 Å². The van der Waals surface area contributed by atoms with Gasteiger partial charge in [-0.3, -0.25) is 14.9 Å². The van der Waals surface area contributed by atoms with Crippen LogP contribution in [-0.2, 0) is 20.7 Å². The van der Waals surface area contributed by atoms with Crippen LogP contribution in [0.1, 0.15) is 50.3 Å². The lowest BCUT2D eigenvalue weighted by atomic mass is 9.85. The first-order chi connectivity index (χ1) is 10.1. The fraction of sp³-hybridized carbons (Fsp3) is 0.667. The van der Waals surface area contributed by atoms with E-state index in [9.17, 15) is 9.59 Å². The molecule has 1 unspecified atom stereocenters. The summed E-state index contributed by atoms with van der Waals surface area (Å²) in [6, 6.07) is 0. The molecule has 6 nitrogen and oxygen atoms in total. The van der Waals surface area contributed by atoms with Gasteiger partial charge in [-0.2, -0.15) is 0 Å². The second-order valence-corrected chi connectivity index (χ2v) is 5.93. The molecule has 1 aromatic heterocycles. The van der Waals surface area contributed by atoms with E-state index >= 15 is 0 Å². The van der Waals surface area contributed by atoms with Gasteiger partial charge in [0.25, 0.3) is 0 Å². The lowest BCUT2D eigenvalue weighted by molar-refractivity contribution is -0.149. The summed E-state index contributed by atoms with van der Waals surface area (Å²) >= 11 is 0. The molecule has 6 heteroatoms. The van der Waals surface area contributed by atoms with Crippen molar-refractivity contribution in [3.8, 4) is 0 Å². The van der Waals surface area contributed by atoms with Crippen molar-refractivity contribution in [2.75, 3.05) is 5.32 Å². The molecule has 1 saturated carbocycles. The number of carbonyl (C=O) groups is 2. The molecular weight excluding hydrogens is 272 g/mol. The third kappa shape index (κ3) is 2.32. The smallest absolute Gasteiger partial charge is 0.307 e. The van der Waals surface area contributed by atoms with Gasteiger partial charge in [0.15, 0.2) is 0 Å². The summed E-state index contributed by atoms with van der Waals surface area (Å²) < 4.78 is 10.7. The van der Waals surface area contributed by atoms with E-state index in [1.165, 1.54) is 0 Å². The maximum atomic E-state index is 12.5. The Balaban J connectivity index is 1.78. The van der Waals surface area contributed by atoms with E-state index in [1.54, 1.807) is 0 Å². The number of aryl methyl sites for hydroxylation is 1. The summed E-state index contributed by atoms with van der Waals surface area (Å²) in [5.41, 5.74) is 1.08. The number of rotatable bonds is 3. The second-order valence-electron chi connectivity index (χ2n) is 5.93. The largest absolute Gasteiger partial charge is 0.458 e. The summed E-state index contributed by atoms with van der Waals surface area (Å²) in [7, 11) is 0. The maximum Gasteiger partial charge on any atom is 0.307 e. The average molecular weight is 292 g/mol. The summed E-state index contributed by atoms with van der Waals surface area (Å²) in [4.78, 5) is 24.2. The van der Waals surface area contributed by atoms with Gasteiger partial charge in [-0.25, -0.2) is 0 Å². The fourth-order valence-electron chi connectivity index (χ4n) is 3.46. The van der Waals surface area contributed by atoms with Crippen LogP contribution in [0.15, 0.2) is 4.52 Å². The molecule has 0 aromatic carbocycles. The Morgan fingerprint density at radius 2 is 2.14 bits per heavy atom. The number of carbonyl (C=O) groups excluding carboxylic acids is 2.